The van der Waals surface area contributed by atoms with Crippen molar-refractivity contribution in [1.29, 1.82) is 0 Å². The van der Waals surface area contributed by atoms with Gasteiger partial charge in [-0.1, -0.05) is 20.8 Å². The summed E-state index contributed by atoms with van der Waals surface area (Å²) >= 11 is 11.5. The van der Waals surface area contributed by atoms with E-state index in [2.05, 4.69) is 20.8 Å². The van der Waals surface area contributed by atoms with Crippen molar-refractivity contribution in [2.75, 3.05) is 0 Å². The Hall–Kier alpha value is 0.797. The first-order chi connectivity index (χ1) is 3.55. The monoisotopic (exact) mass is 170 g/mol. The lowest BCUT2D eigenvalue weighted by molar-refractivity contribution is 0.621. The van der Waals surface area contributed by atoms with Crippen LogP contribution in [0, 0.1) is 5.92 Å². The van der Waals surface area contributed by atoms with Crippen LogP contribution >= 0.6 is 22.2 Å². The summed E-state index contributed by atoms with van der Waals surface area (Å²) in [5.74, 6) is 0.640. The number of rotatable bonds is 2. The largest absolute Gasteiger partial charge is 0.240 e. The second-order valence-electron chi connectivity index (χ2n) is 2.44. The van der Waals surface area contributed by atoms with Crippen LogP contribution in [0.5, 0.6) is 0 Å². The molecule has 0 aromatic carbocycles. The molecule has 0 radical (unpaired) electrons. The third-order valence-corrected chi connectivity index (χ3v) is 5.40. The topological polar surface area (TPSA) is 0 Å². The number of halogens is 2. The fraction of sp³-hybridized carbons (Fsp3) is 1.00. The van der Waals surface area contributed by atoms with Gasteiger partial charge in [0.05, 0.1) is 0 Å². The highest BCUT2D eigenvalue weighted by Crippen LogP contribution is 2.24. The van der Waals surface area contributed by atoms with Crippen molar-refractivity contribution >= 4 is 29.6 Å². The van der Waals surface area contributed by atoms with E-state index in [0.717, 1.165) is 0 Å². The minimum atomic E-state index is -1.38. The van der Waals surface area contributed by atoms with Gasteiger partial charge >= 0.3 is 0 Å². The molecule has 1 unspecified atom stereocenters. The smallest absolute Gasteiger partial charge is 0.150 e. The van der Waals surface area contributed by atoms with Gasteiger partial charge in [-0.2, -0.15) is 22.2 Å². The first-order valence-electron chi connectivity index (χ1n) is 2.84. The van der Waals surface area contributed by atoms with Gasteiger partial charge in [-0.25, -0.2) is 0 Å². The molecule has 0 aliphatic heterocycles. The summed E-state index contributed by atoms with van der Waals surface area (Å²) in [6.45, 7) is 6.41. The molecular weight excluding hydrogens is 159 g/mol. The van der Waals surface area contributed by atoms with Gasteiger partial charge < -0.3 is 0 Å². The molecule has 0 heterocycles. The van der Waals surface area contributed by atoms with Crippen molar-refractivity contribution in [2.24, 2.45) is 5.92 Å². The highest BCUT2D eigenvalue weighted by molar-refractivity contribution is 7.34. The van der Waals surface area contributed by atoms with E-state index in [9.17, 15) is 0 Å². The van der Waals surface area contributed by atoms with Gasteiger partial charge in [-0.15, -0.1) is 0 Å². The van der Waals surface area contributed by atoms with E-state index in [1.165, 1.54) is 0 Å². The molecule has 3 heteroatoms. The maximum absolute atomic E-state index is 5.73. The Morgan fingerprint density at radius 1 is 1.12 bits per heavy atom. The minimum Gasteiger partial charge on any atom is -0.150 e. The molecule has 0 saturated heterocycles. The molecule has 0 aromatic heterocycles. The predicted molar refractivity (Wildman–Crippen MR) is 43.1 cm³/mol. The predicted octanol–water partition coefficient (Wildman–Crippen LogP) is 2.73. The van der Waals surface area contributed by atoms with Crippen LogP contribution in [0.15, 0.2) is 0 Å². The van der Waals surface area contributed by atoms with Crippen molar-refractivity contribution < 1.29 is 0 Å². The quantitative estimate of drug-likeness (QED) is 0.442. The third-order valence-electron chi connectivity index (χ3n) is 1.45. The van der Waals surface area contributed by atoms with Gasteiger partial charge in [0.1, 0.15) is 0 Å². The van der Waals surface area contributed by atoms with E-state index in [1.54, 1.807) is 0 Å². The number of hydrogen-bond acceptors (Lipinski definition) is 0. The van der Waals surface area contributed by atoms with E-state index >= 15 is 0 Å². The van der Waals surface area contributed by atoms with Gasteiger partial charge in [-0.05, 0) is 11.5 Å². The van der Waals surface area contributed by atoms with Gasteiger partial charge in [0.15, 0.2) is 0 Å². The highest BCUT2D eigenvalue weighted by atomic mass is 35.7. The molecule has 0 aliphatic rings. The summed E-state index contributed by atoms with van der Waals surface area (Å²) in [6.07, 6.45) is 0. The standard InChI is InChI=1S/C5H12Cl2Si/c1-4(2)5(3)8(6)7/h4-5,8H,1-3H3. The lowest BCUT2D eigenvalue weighted by Crippen LogP contribution is -2.09. The average Bonchev–Trinajstić information content (AvgIpc) is 1.64. The summed E-state index contributed by atoms with van der Waals surface area (Å²) < 4.78 is 0. The van der Waals surface area contributed by atoms with Crippen molar-refractivity contribution in [3.8, 4) is 0 Å². The van der Waals surface area contributed by atoms with E-state index in [0.29, 0.717) is 11.5 Å². The molecule has 0 saturated carbocycles. The molecule has 0 nitrogen and oxygen atoms in total. The Kier molecular flexibility index (Phi) is 4.13. The maximum atomic E-state index is 5.73. The van der Waals surface area contributed by atoms with E-state index in [-0.39, 0.29) is 0 Å². The normalized spacial score (nSPS) is 15.4. The molecule has 0 rings (SSSR count). The van der Waals surface area contributed by atoms with Crippen molar-refractivity contribution in [3.05, 3.63) is 0 Å². The van der Waals surface area contributed by atoms with Crippen LogP contribution in [-0.4, -0.2) is 7.42 Å². The van der Waals surface area contributed by atoms with Crippen molar-refractivity contribution in [3.63, 3.8) is 0 Å². The van der Waals surface area contributed by atoms with Crippen LogP contribution in [0.2, 0.25) is 5.54 Å². The molecule has 0 fully saturated rings. The average molecular weight is 171 g/mol. The molecule has 0 aliphatic carbocycles. The lowest BCUT2D eigenvalue weighted by atomic mass is 10.1. The second-order valence-corrected chi connectivity index (χ2v) is 7.65. The minimum absolute atomic E-state index is 0.540. The first-order valence-corrected chi connectivity index (χ1v) is 6.99. The van der Waals surface area contributed by atoms with Gasteiger partial charge in [0.2, 0.25) is 7.42 Å². The Labute approximate surface area is 62.2 Å². The maximum Gasteiger partial charge on any atom is 0.240 e. The van der Waals surface area contributed by atoms with Crippen LogP contribution in [0.3, 0.4) is 0 Å². The molecule has 0 amide bonds. The first kappa shape index (κ1) is 8.80. The van der Waals surface area contributed by atoms with E-state index in [4.69, 9.17) is 22.2 Å². The molecule has 8 heavy (non-hydrogen) atoms. The van der Waals surface area contributed by atoms with Gasteiger partial charge in [0.25, 0.3) is 0 Å². The summed E-state index contributed by atoms with van der Waals surface area (Å²) in [5.41, 5.74) is 0.540. The van der Waals surface area contributed by atoms with Crippen LogP contribution < -0.4 is 0 Å². The zero-order valence-electron chi connectivity index (χ0n) is 5.49. The Morgan fingerprint density at radius 2 is 1.50 bits per heavy atom. The molecule has 1 atom stereocenters. The molecule has 0 N–H and O–H groups in total. The third kappa shape index (κ3) is 2.95. The Balaban J connectivity index is 3.46. The Morgan fingerprint density at radius 3 is 1.50 bits per heavy atom. The Bertz CT molecular complexity index is 55.4. The van der Waals surface area contributed by atoms with Crippen molar-refractivity contribution in [2.45, 2.75) is 26.3 Å². The molecule has 0 spiro atoms. The van der Waals surface area contributed by atoms with Crippen LogP contribution in [-0.2, 0) is 0 Å². The fourth-order valence-electron chi connectivity index (χ4n) is 0.291. The molecular formula is C5H12Cl2Si. The lowest BCUT2D eigenvalue weighted by Gasteiger charge is -2.13. The zero-order chi connectivity index (χ0) is 6.73. The highest BCUT2D eigenvalue weighted by Gasteiger charge is 2.16. The summed E-state index contributed by atoms with van der Waals surface area (Å²) in [5, 5.41) is 0. The van der Waals surface area contributed by atoms with E-state index < -0.39 is 7.42 Å². The summed E-state index contributed by atoms with van der Waals surface area (Å²) in [7, 11) is -1.38. The van der Waals surface area contributed by atoms with Gasteiger partial charge in [-0.3, -0.25) is 0 Å². The SMILES string of the molecule is CC(C)C(C)[SiH](Cl)Cl. The van der Waals surface area contributed by atoms with E-state index in [1.807, 2.05) is 0 Å². The van der Waals surface area contributed by atoms with Crippen LogP contribution in [0.25, 0.3) is 0 Å². The van der Waals surface area contributed by atoms with Crippen molar-refractivity contribution in [1.82, 2.24) is 0 Å². The van der Waals surface area contributed by atoms with Gasteiger partial charge in [0, 0.05) is 0 Å². The summed E-state index contributed by atoms with van der Waals surface area (Å²) in [6, 6.07) is 0. The molecule has 0 aromatic rings. The second kappa shape index (κ2) is 3.75. The van der Waals surface area contributed by atoms with Crippen LogP contribution in [0.1, 0.15) is 20.8 Å². The number of hydrogen-bond donors (Lipinski definition) is 0. The zero-order valence-corrected chi connectivity index (χ0v) is 8.15. The molecule has 0 bridgehead atoms. The summed E-state index contributed by atoms with van der Waals surface area (Å²) in [4.78, 5) is 0. The molecule has 50 valence electrons. The fourth-order valence-corrected chi connectivity index (χ4v) is 2.62. The van der Waals surface area contributed by atoms with Crippen LogP contribution in [0.4, 0.5) is 0 Å².